The van der Waals surface area contributed by atoms with Gasteiger partial charge in [0.15, 0.2) is 0 Å². The van der Waals surface area contributed by atoms with Gasteiger partial charge in [-0.15, -0.1) is 0 Å². The molecule has 0 aromatic heterocycles. The van der Waals surface area contributed by atoms with Crippen LogP contribution >= 0.6 is 0 Å². The van der Waals surface area contributed by atoms with Gasteiger partial charge < -0.3 is 0 Å². The van der Waals surface area contributed by atoms with Crippen molar-refractivity contribution in [2.24, 2.45) is 0 Å². The summed E-state index contributed by atoms with van der Waals surface area (Å²) in [5.74, 6) is 1.39. The highest BCUT2D eigenvalue weighted by molar-refractivity contribution is 5.33. The normalized spacial score (nSPS) is 21.3. The molecule has 0 radical (unpaired) electrons. The molecule has 0 atom stereocenters. The average Bonchev–Trinajstić information content (AvgIpc) is 2.62. The van der Waals surface area contributed by atoms with Crippen molar-refractivity contribution in [1.82, 2.24) is 0 Å². The summed E-state index contributed by atoms with van der Waals surface area (Å²) >= 11 is 0. The summed E-state index contributed by atoms with van der Waals surface area (Å²) in [5.41, 5.74) is 5.10. The largest absolute Gasteiger partial charge is 0.192 e. The van der Waals surface area contributed by atoms with E-state index in [0.717, 1.165) is 17.9 Å². The monoisotopic (exact) mass is 289 g/mol. The Morgan fingerprint density at radius 3 is 1.68 bits per heavy atom. The first-order valence-electron chi connectivity index (χ1n) is 8.39. The third-order valence-corrected chi connectivity index (χ3v) is 5.10. The van der Waals surface area contributed by atoms with Gasteiger partial charge >= 0.3 is 0 Å². The predicted octanol–water partition coefficient (Wildman–Crippen LogP) is 5.56. The molecule has 1 fully saturated rings. The number of benzene rings is 2. The van der Waals surface area contributed by atoms with E-state index in [2.05, 4.69) is 49.4 Å². The first kappa shape index (κ1) is 14.9. The zero-order valence-electron chi connectivity index (χ0n) is 13.3. The van der Waals surface area contributed by atoms with Gasteiger partial charge in [0.25, 0.3) is 0 Å². The molecule has 0 N–H and O–H groups in total. The van der Waals surface area contributed by atoms with Gasteiger partial charge in [-0.05, 0) is 72.8 Å². The van der Waals surface area contributed by atoms with E-state index in [1.807, 2.05) is 12.1 Å². The van der Waals surface area contributed by atoms with Crippen LogP contribution in [0.5, 0.6) is 0 Å². The molecular weight excluding hydrogens is 266 g/mol. The third kappa shape index (κ3) is 3.22. The zero-order valence-corrected chi connectivity index (χ0v) is 13.3. The van der Waals surface area contributed by atoms with Crippen LogP contribution in [0.3, 0.4) is 0 Å². The Morgan fingerprint density at radius 2 is 1.27 bits per heavy atom. The fraction of sp³-hybridized carbons (Fsp3) is 0.381. The van der Waals surface area contributed by atoms with Crippen LogP contribution in [0, 0.1) is 11.3 Å². The molecule has 0 heterocycles. The molecule has 0 bridgehead atoms. The number of rotatable bonds is 3. The van der Waals surface area contributed by atoms with Crippen molar-refractivity contribution in [3.05, 3.63) is 70.8 Å². The summed E-state index contributed by atoms with van der Waals surface area (Å²) in [5, 5.41) is 8.89. The van der Waals surface area contributed by atoms with Gasteiger partial charge in [-0.25, -0.2) is 0 Å². The average molecular weight is 289 g/mol. The van der Waals surface area contributed by atoms with E-state index in [1.54, 1.807) is 0 Å². The van der Waals surface area contributed by atoms with Crippen molar-refractivity contribution < 1.29 is 0 Å². The molecule has 0 spiro atoms. The fourth-order valence-electron chi connectivity index (χ4n) is 3.62. The van der Waals surface area contributed by atoms with Crippen molar-refractivity contribution >= 4 is 0 Å². The number of nitrogens with zero attached hydrogens (tertiary/aromatic N) is 1. The Morgan fingerprint density at radius 1 is 0.818 bits per heavy atom. The van der Waals surface area contributed by atoms with Gasteiger partial charge in [-0.3, -0.25) is 0 Å². The Kier molecular flexibility index (Phi) is 4.59. The van der Waals surface area contributed by atoms with E-state index >= 15 is 0 Å². The van der Waals surface area contributed by atoms with Gasteiger partial charge in [0, 0.05) is 0 Å². The Labute approximate surface area is 133 Å². The van der Waals surface area contributed by atoms with Gasteiger partial charge in [0.1, 0.15) is 0 Å². The summed E-state index contributed by atoms with van der Waals surface area (Å²) in [7, 11) is 0. The maximum atomic E-state index is 8.89. The van der Waals surface area contributed by atoms with Crippen LogP contribution in [0.25, 0.3) is 0 Å². The lowest BCUT2D eigenvalue weighted by atomic mass is 9.76. The van der Waals surface area contributed by atoms with Crippen LogP contribution < -0.4 is 0 Å². The summed E-state index contributed by atoms with van der Waals surface area (Å²) in [6, 6.07) is 19.6. The van der Waals surface area contributed by atoms with Crippen molar-refractivity contribution in [2.45, 2.75) is 50.9 Å². The molecule has 2 aromatic rings. The SMILES string of the molecule is CCc1ccc(C2CCC(c3ccc(C#N)cc3)CC2)cc1. The van der Waals surface area contributed by atoms with Crippen molar-refractivity contribution in [1.29, 1.82) is 5.26 Å². The van der Waals surface area contributed by atoms with Gasteiger partial charge in [0.05, 0.1) is 11.6 Å². The molecule has 0 saturated heterocycles. The highest BCUT2D eigenvalue weighted by Crippen LogP contribution is 2.40. The standard InChI is InChI=1S/C21H23N/c1-2-16-3-7-18(8-4-16)20-11-13-21(14-12-20)19-9-5-17(15-22)6-10-19/h3-10,20-21H,2,11-14H2,1H3. The molecule has 2 aromatic carbocycles. The van der Waals surface area contributed by atoms with E-state index in [4.69, 9.17) is 5.26 Å². The maximum absolute atomic E-state index is 8.89. The Bertz CT molecular complexity index is 638. The quantitative estimate of drug-likeness (QED) is 0.725. The van der Waals surface area contributed by atoms with Crippen molar-refractivity contribution in [3.63, 3.8) is 0 Å². The van der Waals surface area contributed by atoms with Gasteiger partial charge in [-0.1, -0.05) is 43.3 Å². The molecule has 112 valence electrons. The highest BCUT2D eigenvalue weighted by atomic mass is 14.3. The molecule has 1 aliphatic rings. The van der Waals surface area contributed by atoms with Gasteiger partial charge in [-0.2, -0.15) is 5.26 Å². The molecule has 0 aliphatic heterocycles. The second-order valence-corrected chi connectivity index (χ2v) is 6.38. The van der Waals surface area contributed by atoms with Crippen LogP contribution in [0.15, 0.2) is 48.5 Å². The van der Waals surface area contributed by atoms with E-state index in [0.29, 0.717) is 5.92 Å². The lowest BCUT2D eigenvalue weighted by Gasteiger charge is -2.29. The van der Waals surface area contributed by atoms with Crippen LogP contribution in [0.1, 0.15) is 66.7 Å². The molecule has 1 nitrogen and oxygen atoms in total. The summed E-state index contributed by atoms with van der Waals surface area (Å²) in [4.78, 5) is 0. The first-order valence-corrected chi connectivity index (χ1v) is 8.39. The second kappa shape index (κ2) is 6.79. The topological polar surface area (TPSA) is 23.8 Å². The fourth-order valence-corrected chi connectivity index (χ4v) is 3.62. The van der Waals surface area contributed by atoms with Crippen LogP contribution in [-0.2, 0) is 6.42 Å². The van der Waals surface area contributed by atoms with E-state index < -0.39 is 0 Å². The number of nitriles is 1. The molecule has 0 amide bonds. The van der Waals surface area contributed by atoms with Crippen LogP contribution in [0.4, 0.5) is 0 Å². The maximum Gasteiger partial charge on any atom is 0.0991 e. The lowest BCUT2D eigenvalue weighted by molar-refractivity contribution is 0.396. The van der Waals surface area contributed by atoms with Crippen LogP contribution in [0.2, 0.25) is 0 Å². The smallest absolute Gasteiger partial charge is 0.0991 e. The molecule has 22 heavy (non-hydrogen) atoms. The summed E-state index contributed by atoms with van der Waals surface area (Å²) in [6.45, 7) is 2.21. The number of aryl methyl sites for hydroxylation is 1. The minimum atomic E-state index is 0.666. The van der Waals surface area contributed by atoms with E-state index in [9.17, 15) is 0 Å². The number of hydrogen-bond acceptors (Lipinski definition) is 1. The van der Waals surface area contributed by atoms with E-state index in [1.165, 1.54) is 42.4 Å². The third-order valence-electron chi connectivity index (χ3n) is 5.10. The van der Waals surface area contributed by atoms with Crippen molar-refractivity contribution in [3.8, 4) is 6.07 Å². The zero-order chi connectivity index (χ0) is 15.4. The molecule has 0 unspecified atom stereocenters. The van der Waals surface area contributed by atoms with Crippen LogP contribution in [-0.4, -0.2) is 0 Å². The summed E-state index contributed by atoms with van der Waals surface area (Å²) < 4.78 is 0. The molecular formula is C21H23N. The van der Waals surface area contributed by atoms with Crippen molar-refractivity contribution in [2.75, 3.05) is 0 Å². The molecule has 3 rings (SSSR count). The van der Waals surface area contributed by atoms with Gasteiger partial charge in [0.2, 0.25) is 0 Å². The minimum absolute atomic E-state index is 0.666. The summed E-state index contributed by atoms with van der Waals surface area (Å²) in [6.07, 6.45) is 6.18. The number of hydrogen-bond donors (Lipinski definition) is 0. The first-order chi connectivity index (χ1) is 10.8. The molecule has 1 saturated carbocycles. The minimum Gasteiger partial charge on any atom is -0.192 e. The second-order valence-electron chi connectivity index (χ2n) is 6.38. The Balaban J connectivity index is 1.62. The highest BCUT2D eigenvalue weighted by Gasteiger charge is 2.23. The van der Waals surface area contributed by atoms with E-state index in [-0.39, 0.29) is 0 Å². The Hall–Kier alpha value is -2.07. The molecule has 1 heteroatoms. The molecule has 1 aliphatic carbocycles. The predicted molar refractivity (Wildman–Crippen MR) is 90.9 cm³/mol. The lowest BCUT2D eigenvalue weighted by Crippen LogP contribution is -2.12.